The third-order valence-electron chi connectivity index (χ3n) is 3.71. The van der Waals surface area contributed by atoms with Gasteiger partial charge < -0.3 is 4.42 Å². The molecule has 0 amide bonds. The Morgan fingerprint density at radius 3 is 2.52 bits per heavy atom. The second kappa shape index (κ2) is 5.68. The van der Waals surface area contributed by atoms with Crippen LogP contribution in [0.5, 0.6) is 0 Å². The normalized spacial score (nSPS) is 13.3. The third-order valence-corrected chi connectivity index (χ3v) is 5.24. The molecule has 7 heteroatoms. The van der Waals surface area contributed by atoms with E-state index in [1.807, 2.05) is 30.3 Å². The van der Waals surface area contributed by atoms with Crippen molar-refractivity contribution in [3.8, 4) is 0 Å². The molecule has 2 aromatic carbocycles. The number of rotatable bonds is 4. The molecule has 1 heterocycles. The van der Waals surface area contributed by atoms with Crippen LogP contribution >= 0.6 is 0 Å². The fourth-order valence-corrected chi connectivity index (χ4v) is 3.64. The van der Waals surface area contributed by atoms with Crippen molar-refractivity contribution in [1.29, 1.82) is 0 Å². The highest BCUT2D eigenvalue weighted by atomic mass is 32.2. The van der Waals surface area contributed by atoms with E-state index < -0.39 is 15.8 Å². The molecule has 1 atom stereocenters. The predicted molar refractivity (Wildman–Crippen MR) is 86.6 cm³/mol. The maximum atomic E-state index is 12.5. The summed E-state index contributed by atoms with van der Waals surface area (Å²) in [4.78, 5) is 11.6. The first-order chi connectivity index (χ1) is 10.9. The number of hydrogen-bond donors (Lipinski definition) is 1. The molecular formula is C16H16N2O4S. The van der Waals surface area contributed by atoms with Gasteiger partial charge in [0, 0.05) is 19.2 Å². The van der Waals surface area contributed by atoms with Crippen molar-refractivity contribution < 1.29 is 12.8 Å². The average molecular weight is 332 g/mol. The quantitative estimate of drug-likeness (QED) is 0.794. The van der Waals surface area contributed by atoms with Crippen LogP contribution < -0.4 is 10.5 Å². The molecule has 1 aromatic heterocycles. The standard InChI is InChI=1S/C16H16N2O4S/c1-11(12-6-4-3-5-7-12)17-23(20,21)13-8-9-14-15(10-13)22-16(19)18(14)2/h3-11,17H,1-2H3/t11-/m0/s1. The van der Waals surface area contributed by atoms with Crippen LogP contribution in [0.1, 0.15) is 18.5 Å². The molecule has 0 aliphatic rings. The van der Waals surface area contributed by atoms with Crippen LogP contribution in [-0.2, 0) is 17.1 Å². The number of nitrogens with one attached hydrogen (secondary N) is 1. The Morgan fingerprint density at radius 2 is 1.83 bits per heavy atom. The Balaban J connectivity index is 1.95. The molecule has 6 nitrogen and oxygen atoms in total. The third kappa shape index (κ3) is 2.93. The van der Waals surface area contributed by atoms with Crippen LogP contribution in [0, 0.1) is 0 Å². The monoisotopic (exact) mass is 332 g/mol. The van der Waals surface area contributed by atoms with Gasteiger partial charge in [0.2, 0.25) is 10.0 Å². The first-order valence-corrected chi connectivity index (χ1v) is 8.53. The number of sulfonamides is 1. The van der Waals surface area contributed by atoms with E-state index in [-0.39, 0.29) is 16.5 Å². The zero-order chi connectivity index (χ0) is 16.6. The van der Waals surface area contributed by atoms with Crippen LogP contribution in [0.2, 0.25) is 0 Å². The molecule has 120 valence electrons. The number of nitrogens with zero attached hydrogens (tertiary/aromatic N) is 1. The van der Waals surface area contributed by atoms with E-state index in [1.54, 1.807) is 20.0 Å². The maximum Gasteiger partial charge on any atom is 0.419 e. The van der Waals surface area contributed by atoms with Gasteiger partial charge in [0.15, 0.2) is 5.58 Å². The molecule has 0 aliphatic carbocycles. The summed E-state index contributed by atoms with van der Waals surface area (Å²) in [6, 6.07) is 13.3. The fourth-order valence-electron chi connectivity index (χ4n) is 2.39. The van der Waals surface area contributed by atoms with Crippen molar-refractivity contribution in [2.45, 2.75) is 17.9 Å². The largest absolute Gasteiger partial charge is 0.419 e. The molecule has 0 saturated heterocycles. The van der Waals surface area contributed by atoms with E-state index in [1.165, 1.54) is 16.7 Å². The van der Waals surface area contributed by atoms with E-state index in [4.69, 9.17) is 4.42 Å². The van der Waals surface area contributed by atoms with E-state index in [9.17, 15) is 13.2 Å². The molecule has 0 aliphatic heterocycles. The Hall–Kier alpha value is -2.38. The number of fused-ring (bicyclic) bond motifs is 1. The lowest BCUT2D eigenvalue weighted by molar-refractivity contribution is 0.527. The second-order valence-electron chi connectivity index (χ2n) is 5.31. The van der Waals surface area contributed by atoms with Gasteiger partial charge in [-0.3, -0.25) is 4.57 Å². The van der Waals surface area contributed by atoms with Crippen LogP contribution in [0.15, 0.2) is 62.6 Å². The number of aromatic nitrogens is 1. The summed E-state index contributed by atoms with van der Waals surface area (Å²) < 4.78 is 34.0. The van der Waals surface area contributed by atoms with Gasteiger partial charge in [-0.05, 0) is 24.6 Å². The highest BCUT2D eigenvalue weighted by molar-refractivity contribution is 7.89. The molecule has 3 aromatic rings. The van der Waals surface area contributed by atoms with Crippen molar-refractivity contribution in [3.63, 3.8) is 0 Å². The van der Waals surface area contributed by atoms with Gasteiger partial charge in [0.25, 0.3) is 0 Å². The zero-order valence-electron chi connectivity index (χ0n) is 12.7. The van der Waals surface area contributed by atoms with Gasteiger partial charge >= 0.3 is 5.76 Å². The van der Waals surface area contributed by atoms with Crippen LogP contribution in [0.3, 0.4) is 0 Å². The van der Waals surface area contributed by atoms with Gasteiger partial charge in [-0.15, -0.1) is 0 Å². The molecule has 0 unspecified atom stereocenters. The summed E-state index contributed by atoms with van der Waals surface area (Å²) in [7, 11) is -2.16. The molecular weight excluding hydrogens is 316 g/mol. The maximum absolute atomic E-state index is 12.5. The van der Waals surface area contributed by atoms with Crippen LogP contribution in [0.4, 0.5) is 0 Å². The number of hydrogen-bond acceptors (Lipinski definition) is 4. The molecule has 1 N–H and O–H groups in total. The summed E-state index contributed by atoms with van der Waals surface area (Å²) >= 11 is 0. The minimum absolute atomic E-state index is 0.0575. The van der Waals surface area contributed by atoms with E-state index in [0.717, 1.165) is 5.56 Å². The highest BCUT2D eigenvalue weighted by Crippen LogP contribution is 2.20. The van der Waals surface area contributed by atoms with Gasteiger partial charge in [0.1, 0.15) is 0 Å². The van der Waals surface area contributed by atoms with Gasteiger partial charge in [0.05, 0.1) is 10.4 Å². The number of aryl methyl sites for hydroxylation is 1. The Kier molecular flexibility index (Phi) is 3.83. The molecule has 0 bridgehead atoms. The average Bonchev–Trinajstić information content (AvgIpc) is 2.82. The Bertz CT molecular complexity index is 1000. The SMILES string of the molecule is C[C@H](NS(=O)(=O)c1ccc2c(c1)oc(=O)n2C)c1ccccc1. The highest BCUT2D eigenvalue weighted by Gasteiger charge is 2.20. The van der Waals surface area contributed by atoms with Crippen molar-refractivity contribution in [3.05, 3.63) is 64.6 Å². The summed E-state index contributed by atoms with van der Waals surface area (Å²) in [5.74, 6) is -0.528. The molecule has 0 spiro atoms. The minimum Gasteiger partial charge on any atom is -0.408 e. The lowest BCUT2D eigenvalue weighted by Crippen LogP contribution is -2.26. The minimum atomic E-state index is -3.72. The topological polar surface area (TPSA) is 81.3 Å². The summed E-state index contributed by atoms with van der Waals surface area (Å²) in [6.45, 7) is 1.77. The van der Waals surface area contributed by atoms with Gasteiger partial charge in [-0.2, -0.15) is 0 Å². The van der Waals surface area contributed by atoms with Gasteiger partial charge in [-0.1, -0.05) is 30.3 Å². The molecule has 0 radical (unpaired) electrons. The van der Waals surface area contributed by atoms with Crippen molar-refractivity contribution >= 4 is 21.1 Å². The van der Waals surface area contributed by atoms with Crippen LogP contribution in [-0.4, -0.2) is 13.0 Å². The smallest absolute Gasteiger partial charge is 0.408 e. The molecule has 23 heavy (non-hydrogen) atoms. The lowest BCUT2D eigenvalue weighted by Gasteiger charge is -2.14. The van der Waals surface area contributed by atoms with Gasteiger partial charge in [-0.25, -0.2) is 17.9 Å². The molecule has 0 saturated carbocycles. The van der Waals surface area contributed by atoms with E-state index in [2.05, 4.69) is 4.72 Å². The predicted octanol–water partition coefficient (Wildman–Crippen LogP) is 2.17. The second-order valence-corrected chi connectivity index (χ2v) is 7.02. The summed E-state index contributed by atoms with van der Waals surface area (Å²) in [5, 5.41) is 0. The number of benzene rings is 2. The first-order valence-electron chi connectivity index (χ1n) is 7.05. The first kappa shape index (κ1) is 15.5. The van der Waals surface area contributed by atoms with Crippen molar-refractivity contribution in [1.82, 2.24) is 9.29 Å². The zero-order valence-corrected chi connectivity index (χ0v) is 13.5. The Labute approximate surface area is 133 Å². The Morgan fingerprint density at radius 1 is 1.13 bits per heavy atom. The molecule has 0 fully saturated rings. The van der Waals surface area contributed by atoms with Crippen molar-refractivity contribution in [2.24, 2.45) is 7.05 Å². The number of oxazole rings is 1. The summed E-state index contributed by atoms with van der Waals surface area (Å²) in [5.41, 5.74) is 1.65. The van der Waals surface area contributed by atoms with E-state index >= 15 is 0 Å². The van der Waals surface area contributed by atoms with Crippen LogP contribution in [0.25, 0.3) is 11.1 Å². The summed E-state index contributed by atoms with van der Waals surface area (Å²) in [6.07, 6.45) is 0. The van der Waals surface area contributed by atoms with E-state index in [0.29, 0.717) is 5.52 Å². The molecule has 3 rings (SSSR count). The fraction of sp³-hybridized carbons (Fsp3) is 0.188. The lowest BCUT2D eigenvalue weighted by atomic mass is 10.1. The van der Waals surface area contributed by atoms with Crippen molar-refractivity contribution in [2.75, 3.05) is 0 Å².